The van der Waals surface area contributed by atoms with Crippen molar-refractivity contribution in [2.24, 2.45) is 0 Å². The minimum atomic E-state index is -1.23. The lowest BCUT2D eigenvalue weighted by Gasteiger charge is -2.13. The number of fused-ring (bicyclic) bond motifs is 2. The number of carbonyl (C=O) groups is 1. The van der Waals surface area contributed by atoms with Crippen molar-refractivity contribution in [1.29, 1.82) is 5.26 Å². The van der Waals surface area contributed by atoms with Crippen LogP contribution in [-0.2, 0) is 10.2 Å². The number of hydrogen-bond donors (Lipinski definition) is 0. The highest BCUT2D eigenvalue weighted by molar-refractivity contribution is 6.11. The molecular formula is C14H10N2O3. The second kappa shape index (κ2) is 3.45. The number of hydrogen-bond acceptors (Lipinski definition) is 4. The van der Waals surface area contributed by atoms with Gasteiger partial charge in [-0.1, -0.05) is 0 Å². The number of nitrogens with zero attached hydrogens (tertiary/aromatic N) is 2. The van der Waals surface area contributed by atoms with Crippen LogP contribution in [-0.4, -0.2) is 13.0 Å². The van der Waals surface area contributed by atoms with E-state index in [4.69, 9.17) is 4.42 Å². The summed E-state index contributed by atoms with van der Waals surface area (Å²) in [6, 6.07) is 8.38. The summed E-state index contributed by atoms with van der Waals surface area (Å²) >= 11 is 0. The third-order valence-electron chi connectivity index (χ3n) is 3.59. The number of likely N-dealkylation sites (N-methyl/N-ethyl adjacent to an activating group) is 1. The van der Waals surface area contributed by atoms with Crippen LogP contribution in [0.5, 0.6) is 0 Å². The minimum absolute atomic E-state index is 0.275. The molecule has 5 heteroatoms. The zero-order valence-corrected chi connectivity index (χ0v) is 10.4. The second-order valence-corrected chi connectivity index (χ2v) is 4.76. The maximum absolute atomic E-state index is 12.2. The molecule has 0 bridgehead atoms. The van der Waals surface area contributed by atoms with Crippen LogP contribution >= 0.6 is 0 Å². The number of rotatable bonds is 0. The zero-order chi connectivity index (χ0) is 13.8. The van der Waals surface area contributed by atoms with E-state index in [0.717, 1.165) is 5.39 Å². The molecule has 0 saturated heterocycles. The van der Waals surface area contributed by atoms with Crippen LogP contribution in [0, 0.1) is 11.3 Å². The summed E-state index contributed by atoms with van der Waals surface area (Å²) in [7, 11) is 1.63. The molecule has 5 nitrogen and oxygen atoms in total. The molecule has 0 aliphatic carbocycles. The van der Waals surface area contributed by atoms with Gasteiger partial charge in [0.1, 0.15) is 5.58 Å². The van der Waals surface area contributed by atoms with Crippen molar-refractivity contribution in [3.8, 4) is 6.07 Å². The summed E-state index contributed by atoms with van der Waals surface area (Å²) in [6.45, 7) is 1.57. The van der Waals surface area contributed by atoms with E-state index in [0.29, 0.717) is 16.8 Å². The van der Waals surface area contributed by atoms with Crippen molar-refractivity contribution in [2.75, 3.05) is 11.9 Å². The summed E-state index contributed by atoms with van der Waals surface area (Å²) in [5, 5.41) is 10.0. The van der Waals surface area contributed by atoms with Gasteiger partial charge in [-0.3, -0.25) is 4.79 Å². The van der Waals surface area contributed by atoms with E-state index in [1.165, 1.54) is 11.0 Å². The average Bonchev–Trinajstić information content (AvgIpc) is 2.59. The van der Waals surface area contributed by atoms with Crippen molar-refractivity contribution < 1.29 is 9.21 Å². The Morgan fingerprint density at radius 1 is 1.32 bits per heavy atom. The molecule has 1 aliphatic heterocycles. The van der Waals surface area contributed by atoms with Gasteiger partial charge in [0.25, 0.3) is 5.91 Å². The first-order valence-electron chi connectivity index (χ1n) is 5.75. The molecular weight excluding hydrogens is 244 g/mol. The molecule has 0 N–H and O–H groups in total. The van der Waals surface area contributed by atoms with Gasteiger partial charge in [-0.15, -0.1) is 0 Å². The third-order valence-corrected chi connectivity index (χ3v) is 3.59. The Balaban J connectivity index is 2.42. The topological polar surface area (TPSA) is 74.3 Å². The van der Waals surface area contributed by atoms with Crippen LogP contribution in [0.4, 0.5) is 5.69 Å². The lowest BCUT2D eigenvalue weighted by Crippen LogP contribution is -2.34. The lowest BCUT2D eigenvalue weighted by atomic mass is 9.85. The van der Waals surface area contributed by atoms with Crippen LogP contribution in [0.3, 0.4) is 0 Å². The fourth-order valence-electron chi connectivity index (χ4n) is 2.45. The smallest absolute Gasteiger partial charge is 0.336 e. The SMILES string of the molecule is CN1C(=O)C(C)(C#N)c2cc3oc(=O)ccc3cc21. The molecule has 0 radical (unpaired) electrons. The van der Waals surface area contributed by atoms with Crippen LogP contribution in [0.15, 0.2) is 33.5 Å². The van der Waals surface area contributed by atoms with E-state index in [9.17, 15) is 14.9 Å². The Kier molecular flexibility index (Phi) is 2.08. The number of amides is 1. The van der Waals surface area contributed by atoms with E-state index in [2.05, 4.69) is 0 Å². The summed E-state index contributed by atoms with van der Waals surface area (Å²) in [4.78, 5) is 24.9. The van der Waals surface area contributed by atoms with Crippen molar-refractivity contribution in [3.63, 3.8) is 0 Å². The first kappa shape index (κ1) is 11.5. The van der Waals surface area contributed by atoms with E-state index in [-0.39, 0.29) is 5.91 Å². The quantitative estimate of drug-likeness (QED) is 0.668. The Morgan fingerprint density at radius 2 is 2.05 bits per heavy atom. The molecule has 0 fully saturated rings. The van der Waals surface area contributed by atoms with E-state index in [1.54, 1.807) is 32.2 Å². The number of benzene rings is 1. The predicted octanol–water partition coefficient (Wildman–Crippen LogP) is 1.55. The van der Waals surface area contributed by atoms with Crippen LogP contribution in [0.25, 0.3) is 11.0 Å². The molecule has 1 amide bonds. The van der Waals surface area contributed by atoms with Crippen molar-refractivity contribution in [3.05, 3.63) is 40.2 Å². The molecule has 0 saturated carbocycles. The van der Waals surface area contributed by atoms with E-state index in [1.807, 2.05) is 6.07 Å². The maximum Gasteiger partial charge on any atom is 0.336 e. The normalized spacial score (nSPS) is 21.5. The summed E-state index contributed by atoms with van der Waals surface area (Å²) in [6.07, 6.45) is 0. The van der Waals surface area contributed by atoms with Gasteiger partial charge < -0.3 is 9.32 Å². The number of anilines is 1. The first-order valence-corrected chi connectivity index (χ1v) is 5.75. The van der Waals surface area contributed by atoms with Gasteiger partial charge in [0.05, 0.1) is 6.07 Å². The highest BCUT2D eigenvalue weighted by atomic mass is 16.4. The van der Waals surface area contributed by atoms with Crippen molar-refractivity contribution in [2.45, 2.75) is 12.3 Å². The first-order chi connectivity index (χ1) is 8.97. The highest BCUT2D eigenvalue weighted by Gasteiger charge is 2.46. The van der Waals surface area contributed by atoms with Gasteiger partial charge in [0.15, 0.2) is 5.41 Å². The molecule has 19 heavy (non-hydrogen) atoms. The fraction of sp³-hybridized carbons (Fsp3) is 0.214. The molecule has 94 valence electrons. The van der Waals surface area contributed by atoms with Crippen molar-refractivity contribution in [1.82, 2.24) is 0 Å². The Labute approximate surface area is 108 Å². The zero-order valence-electron chi connectivity index (χ0n) is 10.4. The Bertz CT molecular complexity index is 816. The maximum atomic E-state index is 12.2. The number of nitriles is 1. The Morgan fingerprint density at radius 3 is 2.74 bits per heavy atom. The van der Waals surface area contributed by atoms with Gasteiger partial charge in [0, 0.05) is 29.8 Å². The molecule has 1 aliphatic rings. The second-order valence-electron chi connectivity index (χ2n) is 4.76. The third kappa shape index (κ3) is 1.34. The average molecular weight is 254 g/mol. The molecule has 1 aromatic heterocycles. The molecule has 3 rings (SSSR count). The standard InChI is InChI=1S/C14H10N2O3/c1-14(7-15)9-6-11-8(3-4-12(17)19-11)5-10(9)16(2)13(14)18/h3-6H,1-2H3. The van der Waals surface area contributed by atoms with Gasteiger partial charge >= 0.3 is 5.63 Å². The van der Waals surface area contributed by atoms with Gasteiger partial charge in [-0.2, -0.15) is 5.26 Å². The Hall–Kier alpha value is -2.61. The molecule has 1 aromatic carbocycles. The molecule has 2 aromatic rings. The monoisotopic (exact) mass is 254 g/mol. The van der Waals surface area contributed by atoms with Gasteiger partial charge in [-0.05, 0) is 25.1 Å². The lowest BCUT2D eigenvalue weighted by molar-refractivity contribution is -0.120. The summed E-state index contributed by atoms with van der Waals surface area (Å²) in [5.41, 5.74) is -0.0495. The predicted molar refractivity (Wildman–Crippen MR) is 68.9 cm³/mol. The van der Waals surface area contributed by atoms with E-state index < -0.39 is 11.0 Å². The molecule has 2 heterocycles. The minimum Gasteiger partial charge on any atom is -0.423 e. The summed E-state index contributed by atoms with van der Waals surface area (Å²) < 4.78 is 5.10. The van der Waals surface area contributed by atoms with Gasteiger partial charge in [-0.25, -0.2) is 4.79 Å². The van der Waals surface area contributed by atoms with E-state index >= 15 is 0 Å². The largest absolute Gasteiger partial charge is 0.423 e. The van der Waals surface area contributed by atoms with Crippen LogP contribution in [0.1, 0.15) is 12.5 Å². The molecule has 0 spiro atoms. The summed E-state index contributed by atoms with van der Waals surface area (Å²) in [5.74, 6) is -0.275. The van der Waals surface area contributed by atoms with Crippen LogP contribution < -0.4 is 10.5 Å². The number of carbonyl (C=O) groups excluding carboxylic acids is 1. The van der Waals surface area contributed by atoms with Crippen LogP contribution in [0.2, 0.25) is 0 Å². The fourth-order valence-corrected chi connectivity index (χ4v) is 2.45. The van der Waals surface area contributed by atoms with Gasteiger partial charge in [0.2, 0.25) is 0 Å². The van der Waals surface area contributed by atoms with Crippen molar-refractivity contribution >= 4 is 22.6 Å². The molecule has 1 atom stereocenters. The highest BCUT2D eigenvalue weighted by Crippen LogP contribution is 2.42. The molecule has 1 unspecified atom stereocenters.